The first-order valence-electron chi connectivity index (χ1n) is 8.99. The smallest absolute Gasteiger partial charge is 0.257 e. The third-order valence-corrected chi connectivity index (χ3v) is 4.96. The van der Waals surface area contributed by atoms with Crippen molar-refractivity contribution in [2.45, 2.75) is 19.8 Å². The Morgan fingerprint density at radius 1 is 1.26 bits per heavy atom. The number of para-hydroxylation sites is 1. The number of carbonyl (C=O) groups excluding carboxylic acids is 2. The summed E-state index contributed by atoms with van der Waals surface area (Å²) in [7, 11) is 0. The maximum absolute atomic E-state index is 12.8. The average molecular weight is 369 g/mol. The molecule has 0 saturated carbocycles. The molecule has 1 aliphatic rings. The zero-order chi connectivity index (χ0) is 19.4. The predicted octanol–water partition coefficient (Wildman–Crippen LogP) is 3.15. The van der Waals surface area contributed by atoms with E-state index in [9.17, 15) is 19.8 Å². The second-order valence-corrected chi connectivity index (χ2v) is 6.83. The van der Waals surface area contributed by atoms with Gasteiger partial charge in [0.2, 0.25) is 0 Å². The normalized spacial score (nSPS) is 16.8. The standard InChI is InChI=1S/C21H23NO5/c1-14-18(24)8-3-9-19(14)27-13-15-5-4-10-22(11-15)21(26)17-7-2-6-16(12-23)20(17)25/h2-3,6-9,12,15,24-25H,4-5,10-11,13H2,1H3/t15-/m1/s1. The number of aldehydes is 1. The molecule has 1 atom stereocenters. The Labute approximate surface area is 158 Å². The van der Waals surface area contributed by atoms with E-state index in [0.717, 1.165) is 12.8 Å². The topological polar surface area (TPSA) is 87.1 Å². The second-order valence-electron chi connectivity index (χ2n) is 6.83. The number of likely N-dealkylation sites (tertiary alicyclic amines) is 1. The number of phenolic OH excluding ortho intramolecular Hbond substituents is 2. The summed E-state index contributed by atoms with van der Waals surface area (Å²) in [6, 6.07) is 9.75. The Morgan fingerprint density at radius 2 is 2.04 bits per heavy atom. The number of ether oxygens (including phenoxy) is 1. The molecule has 6 heteroatoms. The molecule has 142 valence electrons. The molecule has 0 aromatic heterocycles. The van der Waals surface area contributed by atoms with Crippen LogP contribution >= 0.6 is 0 Å². The number of hydrogen-bond donors (Lipinski definition) is 2. The maximum Gasteiger partial charge on any atom is 0.257 e. The van der Waals surface area contributed by atoms with Gasteiger partial charge in [0.05, 0.1) is 17.7 Å². The molecule has 1 amide bonds. The van der Waals surface area contributed by atoms with E-state index in [4.69, 9.17) is 4.74 Å². The van der Waals surface area contributed by atoms with Gasteiger partial charge in [-0.2, -0.15) is 0 Å². The Bertz CT molecular complexity index is 848. The van der Waals surface area contributed by atoms with Gasteiger partial charge >= 0.3 is 0 Å². The van der Waals surface area contributed by atoms with Crippen molar-refractivity contribution >= 4 is 12.2 Å². The minimum absolute atomic E-state index is 0.108. The fraction of sp³-hybridized carbons (Fsp3) is 0.333. The van der Waals surface area contributed by atoms with E-state index in [2.05, 4.69) is 0 Å². The number of phenols is 2. The molecular weight excluding hydrogens is 346 g/mol. The SMILES string of the molecule is Cc1c(O)cccc1OC[C@@H]1CCCN(C(=O)c2cccc(C=O)c2O)C1. The number of aromatic hydroxyl groups is 2. The lowest BCUT2D eigenvalue weighted by molar-refractivity contribution is 0.0630. The number of carbonyl (C=O) groups is 2. The van der Waals surface area contributed by atoms with Gasteiger partial charge in [-0.05, 0) is 44.0 Å². The van der Waals surface area contributed by atoms with Crippen molar-refractivity contribution in [1.82, 2.24) is 4.90 Å². The molecule has 27 heavy (non-hydrogen) atoms. The minimum atomic E-state index is -0.283. The van der Waals surface area contributed by atoms with E-state index in [-0.39, 0.29) is 34.5 Å². The van der Waals surface area contributed by atoms with Gasteiger partial charge in [0.15, 0.2) is 6.29 Å². The highest BCUT2D eigenvalue weighted by Crippen LogP contribution is 2.28. The molecule has 0 unspecified atom stereocenters. The van der Waals surface area contributed by atoms with Gasteiger partial charge in [0.1, 0.15) is 17.2 Å². The van der Waals surface area contributed by atoms with Crippen molar-refractivity contribution < 1.29 is 24.5 Å². The van der Waals surface area contributed by atoms with Crippen molar-refractivity contribution in [2.75, 3.05) is 19.7 Å². The quantitative estimate of drug-likeness (QED) is 0.791. The average Bonchev–Trinajstić information content (AvgIpc) is 2.69. The van der Waals surface area contributed by atoms with Crippen LogP contribution in [0.3, 0.4) is 0 Å². The largest absolute Gasteiger partial charge is 0.508 e. The number of amides is 1. The minimum Gasteiger partial charge on any atom is -0.508 e. The van der Waals surface area contributed by atoms with Gasteiger partial charge in [0.25, 0.3) is 5.91 Å². The lowest BCUT2D eigenvalue weighted by atomic mass is 9.97. The summed E-state index contributed by atoms with van der Waals surface area (Å²) < 4.78 is 5.86. The first kappa shape index (κ1) is 18.8. The van der Waals surface area contributed by atoms with Crippen LogP contribution in [0.5, 0.6) is 17.2 Å². The third-order valence-electron chi connectivity index (χ3n) is 4.96. The molecular formula is C21H23NO5. The monoisotopic (exact) mass is 369 g/mol. The van der Waals surface area contributed by atoms with Gasteiger partial charge in [-0.1, -0.05) is 12.1 Å². The van der Waals surface area contributed by atoms with E-state index in [1.54, 1.807) is 30.0 Å². The number of benzene rings is 2. The molecule has 2 N–H and O–H groups in total. The number of hydrogen-bond acceptors (Lipinski definition) is 5. The Kier molecular flexibility index (Phi) is 5.64. The molecule has 2 aromatic carbocycles. The van der Waals surface area contributed by atoms with Crippen molar-refractivity contribution in [3.63, 3.8) is 0 Å². The molecule has 2 aromatic rings. The molecule has 1 saturated heterocycles. The Balaban J connectivity index is 1.66. The van der Waals surface area contributed by atoms with Crippen molar-refractivity contribution in [1.29, 1.82) is 0 Å². The van der Waals surface area contributed by atoms with Crippen LogP contribution in [0, 0.1) is 12.8 Å². The predicted molar refractivity (Wildman–Crippen MR) is 100 cm³/mol. The van der Waals surface area contributed by atoms with Crippen LogP contribution in [0.25, 0.3) is 0 Å². The van der Waals surface area contributed by atoms with Gasteiger partial charge in [-0.15, -0.1) is 0 Å². The highest BCUT2D eigenvalue weighted by atomic mass is 16.5. The van der Waals surface area contributed by atoms with E-state index in [0.29, 0.717) is 37.3 Å². The zero-order valence-electron chi connectivity index (χ0n) is 15.2. The zero-order valence-corrected chi connectivity index (χ0v) is 15.2. The van der Waals surface area contributed by atoms with E-state index >= 15 is 0 Å². The summed E-state index contributed by atoms with van der Waals surface area (Å²) in [6.45, 7) is 3.35. The van der Waals surface area contributed by atoms with E-state index in [1.807, 2.05) is 6.07 Å². The van der Waals surface area contributed by atoms with Crippen LogP contribution in [0.1, 0.15) is 39.1 Å². The number of rotatable bonds is 5. The highest BCUT2D eigenvalue weighted by molar-refractivity contribution is 5.99. The highest BCUT2D eigenvalue weighted by Gasteiger charge is 2.27. The molecule has 1 fully saturated rings. The van der Waals surface area contributed by atoms with Crippen LogP contribution in [-0.2, 0) is 0 Å². The van der Waals surface area contributed by atoms with Crippen LogP contribution in [0.15, 0.2) is 36.4 Å². The fourth-order valence-corrected chi connectivity index (χ4v) is 3.35. The molecule has 3 rings (SSSR count). The first-order valence-corrected chi connectivity index (χ1v) is 8.99. The summed E-state index contributed by atoms with van der Waals surface area (Å²) in [6.07, 6.45) is 2.31. The van der Waals surface area contributed by atoms with Crippen molar-refractivity contribution in [2.24, 2.45) is 5.92 Å². The summed E-state index contributed by atoms with van der Waals surface area (Å²) >= 11 is 0. The molecule has 0 aliphatic carbocycles. The maximum atomic E-state index is 12.8. The van der Waals surface area contributed by atoms with Crippen LogP contribution in [0.2, 0.25) is 0 Å². The van der Waals surface area contributed by atoms with Gasteiger partial charge in [-0.25, -0.2) is 0 Å². The molecule has 6 nitrogen and oxygen atoms in total. The van der Waals surface area contributed by atoms with Crippen molar-refractivity contribution in [3.8, 4) is 17.2 Å². The van der Waals surface area contributed by atoms with E-state index < -0.39 is 0 Å². The fourth-order valence-electron chi connectivity index (χ4n) is 3.35. The first-order chi connectivity index (χ1) is 13.0. The Hall–Kier alpha value is -3.02. The number of nitrogens with zero attached hydrogens (tertiary/aromatic N) is 1. The van der Waals surface area contributed by atoms with Gasteiger partial charge < -0.3 is 19.8 Å². The van der Waals surface area contributed by atoms with Crippen LogP contribution < -0.4 is 4.74 Å². The van der Waals surface area contributed by atoms with Gasteiger partial charge in [0, 0.05) is 24.6 Å². The molecule has 0 radical (unpaired) electrons. The summed E-state index contributed by atoms with van der Waals surface area (Å²) in [5.74, 6) is 0.426. The van der Waals surface area contributed by atoms with Crippen LogP contribution in [-0.4, -0.2) is 47.0 Å². The van der Waals surface area contributed by atoms with Gasteiger partial charge in [-0.3, -0.25) is 9.59 Å². The number of piperidine rings is 1. The van der Waals surface area contributed by atoms with Crippen LogP contribution in [0.4, 0.5) is 0 Å². The Morgan fingerprint density at radius 3 is 2.81 bits per heavy atom. The third kappa shape index (κ3) is 4.05. The summed E-state index contributed by atoms with van der Waals surface area (Å²) in [4.78, 5) is 25.5. The molecule has 1 heterocycles. The second kappa shape index (κ2) is 8.12. The van der Waals surface area contributed by atoms with E-state index in [1.165, 1.54) is 12.1 Å². The molecule has 1 aliphatic heterocycles. The lowest BCUT2D eigenvalue weighted by Crippen LogP contribution is -2.41. The summed E-state index contributed by atoms with van der Waals surface area (Å²) in [5.41, 5.74) is 0.943. The molecule has 0 bridgehead atoms. The van der Waals surface area contributed by atoms with Crippen molar-refractivity contribution in [3.05, 3.63) is 53.1 Å². The molecule has 0 spiro atoms. The summed E-state index contributed by atoms with van der Waals surface area (Å²) in [5, 5.41) is 19.9. The lowest BCUT2D eigenvalue weighted by Gasteiger charge is -2.33.